The van der Waals surface area contributed by atoms with Crippen molar-refractivity contribution >= 4 is 5.97 Å². The van der Waals surface area contributed by atoms with Crippen LogP contribution in [-0.2, 0) is 4.79 Å². The zero-order valence-electron chi connectivity index (χ0n) is 8.05. The van der Waals surface area contributed by atoms with E-state index >= 15 is 0 Å². The van der Waals surface area contributed by atoms with E-state index in [-0.39, 0.29) is 5.57 Å². The molecule has 0 saturated heterocycles. The summed E-state index contributed by atoms with van der Waals surface area (Å²) in [6.07, 6.45) is 8.18. The zero-order valence-corrected chi connectivity index (χ0v) is 8.05. The summed E-state index contributed by atoms with van der Waals surface area (Å²) in [5, 5.41) is 7.89. The highest BCUT2D eigenvalue weighted by molar-refractivity contribution is 5.84. The SMILES string of the molecule is C1=C2CCC(C1)C2.C=C(C)C(=O)O. The number of rotatable bonds is 1. The Balaban J connectivity index is 0.000000133. The van der Waals surface area contributed by atoms with Gasteiger partial charge in [-0.1, -0.05) is 18.2 Å². The maximum atomic E-state index is 9.60. The van der Waals surface area contributed by atoms with Gasteiger partial charge < -0.3 is 5.11 Å². The molecule has 1 atom stereocenters. The highest BCUT2D eigenvalue weighted by atomic mass is 16.4. The Morgan fingerprint density at radius 3 is 2.38 bits per heavy atom. The summed E-state index contributed by atoms with van der Waals surface area (Å²) in [7, 11) is 0. The third kappa shape index (κ3) is 3.05. The normalized spacial score (nSPS) is 23.2. The number of carbonyl (C=O) groups is 1. The van der Waals surface area contributed by atoms with Crippen molar-refractivity contribution in [1.29, 1.82) is 0 Å². The van der Waals surface area contributed by atoms with Crippen molar-refractivity contribution in [3.63, 3.8) is 0 Å². The predicted molar refractivity (Wildman–Crippen MR) is 52.5 cm³/mol. The fourth-order valence-corrected chi connectivity index (χ4v) is 1.68. The van der Waals surface area contributed by atoms with E-state index in [0.29, 0.717) is 0 Å². The Morgan fingerprint density at radius 2 is 2.31 bits per heavy atom. The van der Waals surface area contributed by atoms with Gasteiger partial charge in [0.2, 0.25) is 0 Å². The molecule has 1 fully saturated rings. The summed E-state index contributed by atoms with van der Waals surface area (Å²) < 4.78 is 0. The number of hydrogen-bond donors (Lipinski definition) is 1. The molecule has 1 N–H and O–H groups in total. The molecule has 2 heteroatoms. The van der Waals surface area contributed by atoms with Gasteiger partial charge in [-0.15, -0.1) is 0 Å². The number of hydrogen-bond acceptors (Lipinski definition) is 1. The average Bonchev–Trinajstić information content (AvgIpc) is 2.67. The van der Waals surface area contributed by atoms with Gasteiger partial charge in [0, 0.05) is 5.57 Å². The van der Waals surface area contributed by atoms with Crippen molar-refractivity contribution in [1.82, 2.24) is 0 Å². The first kappa shape index (κ1) is 10.0. The molecule has 2 aliphatic carbocycles. The molecule has 13 heavy (non-hydrogen) atoms. The fourth-order valence-electron chi connectivity index (χ4n) is 1.68. The van der Waals surface area contributed by atoms with Gasteiger partial charge in [0.25, 0.3) is 0 Å². The predicted octanol–water partition coefficient (Wildman–Crippen LogP) is 2.76. The van der Waals surface area contributed by atoms with E-state index in [0.717, 1.165) is 5.92 Å². The summed E-state index contributed by atoms with van der Waals surface area (Å²) >= 11 is 0. The van der Waals surface area contributed by atoms with Crippen LogP contribution in [-0.4, -0.2) is 11.1 Å². The van der Waals surface area contributed by atoms with E-state index in [4.69, 9.17) is 5.11 Å². The molecular weight excluding hydrogens is 164 g/mol. The van der Waals surface area contributed by atoms with Crippen LogP contribution in [0.4, 0.5) is 0 Å². The summed E-state index contributed by atoms with van der Waals surface area (Å²) in [6, 6.07) is 0. The molecule has 0 aromatic heterocycles. The van der Waals surface area contributed by atoms with Crippen LogP contribution in [0, 0.1) is 5.92 Å². The second-order valence-corrected chi connectivity index (χ2v) is 3.79. The van der Waals surface area contributed by atoms with Crippen LogP contribution in [0.3, 0.4) is 0 Å². The smallest absolute Gasteiger partial charge is 0.330 e. The van der Waals surface area contributed by atoms with Crippen molar-refractivity contribution in [2.45, 2.75) is 32.6 Å². The van der Waals surface area contributed by atoms with Crippen molar-refractivity contribution < 1.29 is 9.90 Å². The van der Waals surface area contributed by atoms with Gasteiger partial charge in [-0.3, -0.25) is 0 Å². The Kier molecular flexibility index (Phi) is 3.29. The van der Waals surface area contributed by atoms with Crippen LogP contribution < -0.4 is 0 Å². The molecule has 2 aliphatic rings. The van der Waals surface area contributed by atoms with E-state index in [1.54, 1.807) is 5.57 Å². The van der Waals surface area contributed by atoms with Gasteiger partial charge in [0.05, 0.1) is 0 Å². The van der Waals surface area contributed by atoms with Crippen LogP contribution >= 0.6 is 0 Å². The minimum atomic E-state index is -0.935. The first-order chi connectivity index (χ1) is 6.09. The molecule has 0 spiro atoms. The first-order valence-corrected chi connectivity index (χ1v) is 4.66. The fraction of sp³-hybridized carbons (Fsp3) is 0.545. The molecular formula is C11H16O2. The number of carboxylic acid groups (broad SMARTS) is 1. The molecule has 1 unspecified atom stereocenters. The number of aliphatic carboxylic acids is 1. The van der Waals surface area contributed by atoms with Crippen molar-refractivity contribution in [3.8, 4) is 0 Å². The number of fused-ring (bicyclic) bond motifs is 2. The third-order valence-corrected chi connectivity index (χ3v) is 2.53. The molecule has 2 rings (SSSR count). The van der Waals surface area contributed by atoms with Gasteiger partial charge >= 0.3 is 5.97 Å². The number of allylic oxidation sites excluding steroid dienone is 2. The van der Waals surface area contributed by atoms with Crippen LogP contribution in [0.2, 0.25) is 0 Å². The summed E-state index contributed by atoms with van der Waals surface area (Å²) in [4.78, 5) is 9.60. The molecule has 0 aromatic carbocycles. The highest BCUT2D eigenvalue weighted by Gasteiger charge is 2.22. The topological polar surface area (TPSA) is 37.3 Å². The van der Waals surface area contributed by atoms with E-state index in [9.17, 15) is 4.79 Å². The lowest BCUT2D eigenvalue weighted by Gasteiger charge is -1.98. The summed E-state index contributed by atoms with van der Waals surface area (Å²) in [6.45, 7) is 4.60. The highest BCUT2D eigenvalue weighted by Crippen LogP contribution is 2.38. The van der Waals surface area contributed by atoms with Crippen LogP contribution in [0.1, 0.15) is 32.6 Å². The lowest BCUT2D eigenvalue weighted by molar-refractivity contribution is -0.132. The Morgan fingerprint density at radius 1 is 1.69 bits per heavy atom. The average molecular weight is 180 g/mol. The molecule has 72 valence electrons. The van der Waals surface area contributed by atoms with E-state index < -0.39 is 5.97 Å². The van der Waals surface area contributed by atoms with Crippen molar-refractivity contribution in [2.75, 3.05) is 0 Å². The van der Waals surface area contributed by atoms with E-state index in [1.807, 2.05) is 0 Å². The standard InChI is InChI=1S/C7H10.C4H6O2/c1-2-7-4-3-6(1)5-7;1-3(2)4(5)6/h1,7H,2-5H2;1H2,2H3,(H,5,6). The maximum Gasteiger partial charge on any atom is 0.330 e. The molecule has 1 saturated carbocycles. The molecule has 2 bridgehead atoms. The van der Waals surface area contributed by atoms with Crippen LogP contribution in [0.15, 0.2) is 23.8 Å². The zero-order chi connectivity index (χ0) is 9.84. The Labute approximate surface area is 79.0 Å². The largest absolute Gasteiger partial charge is 0.478 e. The van der Waals surface area contributed by atoms with Gasteiger partial charge in [0.1, 0.15) is 0 Å². The van der Waals surface area contributed by atoms with Crippen LogP contribution in [0.25, 0.3) is 0 Å². The lowest BCUT2D eigenvalue weighted by Crippen LogP contribution is -1.92. The minimum Gasteiger partial charge on any atom is -0.478 e. The Bertz CT molecular complexity index is 239. The minimum absolute atomic E-state index is 0.176. The first-order valence-electron chi connectivity index (χ1n) is 4.66. The van der Waals surface area contributed by atoms with E-state index in [1.165, 1.54) is 32.6 Å². The van der Waals surface area contributed by atoms with Crippen LogP contribution in [0.5, 0.6) is 0 Å². The lowest BCUT2D eigenvalue weighted by atomic mass is 10.1. The molecule has 0 heterocycles. The quantitative estimate of drug-likeness (QED) is 0.497. The molecule has 0 aliphatic heterocycles. The molecule has 0 amide bonds. The second kappa shape index (κ2) is 4.26. The van der Waals surface area contributed by atoms with Crippen molar-refractivity contribution in [2.24, 2.45) is 5.92 Å². The summed E-state index contributed by atoms with van der Waals surface area (Å²) in [5.74, 6) is 0.144. The number of carboxylic acids is 1. The summed E-state index contributed by atoms with van der Waals surface area (Å²) in [5.41, 5.74) is 1.92. The molecule has 0 aromatic rings. The monoisotopic (exact) mass is 180 g/mol. The van der Waals surface area contributed by atoms with Crippen molar-refractivity contribution in [3.05, 3.63) is 23.8 Å². The van der Waals surface area contributed by atoms with Gasteiger partial charge in [-0.25, -0.2) is 4.79 Å². The van der Waals surface area contributed by atoms with Gasteiger partial charge in [-0.2, -0.15) is 0 Å². The maximum absolute atomic E-state index is 9.60. The molecule has 0 radical (unpaired) electrons. The second-order valence-electron chi connectivity index (χ2n) is 3.79. The third-order valence-electron chi connectivity index (χ3n) is 2.53. The Hall–Kier alpha value is -1.05. The van der Waals surface area contributed by atoms with E-state index in [2.05, 4.69) is 12.7 Å². The van der Waals surface area contributed by atoms with Gasteiger partial charge in [0.15, 0.2) is 0 Å². The molecule has 2 nitrogen and oxygen atoms in total. The van der Waals surface area contributed by atoms with Gasteiger partial charge in [-0.05, 0) is 38.5 Å².